The zero-order valence-electron chi connectivity index (χ0n) is 12.6. The fraction of sp³-hybridized carbons (Fsp3) is 0.294. The Morgan fingerprint density at radius 3 is 1.67 bits per heavy atom. The highest BCUT2D eigenvalue weighted by Gasteiger charge is 2.15. The van der Waals surface area contributed by atoms with Crippen LogP contribution in [0.1, 0.15) is 13.8 Å². The van der Waals surface area contributed by atoms with E-state index in [1.54, 1.807) is 0 Å². The van der Waals surface area contributed by atoms with Crippen molar-refractivity contribution in [3.8, 4) is 0 Å². The number of nitrogens with zero attached hydrogens (tertiary/aromatic N) is 2. The van der Waals surface area contributed by atoms with Crippen LogP contribution in [-0.2, 0) is 9.73 Å². The molecule has 112 valence electrons. The van der Waals surface area contributed by atoms with E-state index in [4.69, 9.17) is 0 Å². The Hall–Kier alpha value is -1.65. The molecule has 0 fully saturated rings. The van der Waals surface area contributed by atoms with Crippen molar-refractivity contribution in [1.82, 2.24) is 4.90 Å². The second kappa shape index (κ2) is 7.38. The quantitative estimate of drug-likeness (QED) is 0.811. The summed E-state index contributed by atoms with van der Waals surface area (Å²) in [5.74, 6) is 0. The molecule has 2 aromatic rings. The van der Waals surface area contributed by atoms with Crippen molar-refractivity contribution in [2.24, 2.45) is 4.36 Å². The highest BCUT2D eigenvalue weighted by atomic mass is 32.2. The fourth-order valence-corrected chi connectivity index (χ4v) is 4.03. The van der Waals surface area contributed by atoms with Gasteiger partial charge in [-0.05, 0) is 37.4 Å². The second-order valence-corrected chi connectivity index (χ2v) is 6.98. The van der Waals surface area contributed by atoms with Gasteiger partial charge in [0.1, 0.15) is 16.4 Å². The van der Waals surface area contributed by atoms with Crippen molar-refractivity contribution in [2.45, 2.75) is 23.6 Å². The maximum atomic E-state index is 13.5. The molecule has 0 N–H and O–H groups in total. The summed E-state index contributed by atoms with van der Waals surface area (Å²) in [4.78, 5) is 3.69. The minimum absolute atomic E-state index is 0.482. The Morgan fingerprint density at radius 1 is 0.857 bits per heavy atom. The van der Waals surface area contributed by atoms with Gasteiger partial charge in [-0.2, -0.15) is 0 Å². The molecule has 2 aromatic carbocycles. The Balaban J connectivity index is 2.50. The maximum absolute atomic E-state index is 13.5. The summed E-state index contributed by atoms with van der Waals surface area (Å²) in [7, 11) is -2.58. The van der Waals surface area contributed by atoms with Gasteiger partial charge >= 0.3 is 0 Å². The van der Waals surface area contributed by atoms with Crippen molar-refractivity contribution in [3.63, 3.8) is 0 Å². The van der Waals surface area contributed by atoms with Crippen molar-refractivity contribution in [2.75, 3.05) is 19.8 Å². The molecular weight excluding hydrogens is 280 g/mol. The number of hydrogen-bond acceptors (Lipinski definition) is 3. The van der Waals surface area contributed by atoms with E-state index in [0.717, 1.165) is 22.9 Å². The summed E-state index contributed by atoms with van der Waals surface area (Å²) in [5, 5.41) is 0. The highest BCUT2D eigenvalue weighted by molar-refractivity contribution is 7.93. The molecule has 0 radical (unpaired) electrons. The highest BCUT2D eigenvalue weighted by Crippen LogP contribution is 2.23. The minimum Gasteiger partial charge on any atom is -0.284 e. The Morgan fingerprint density at radius 2 is 1.29 bits per heavy atom. The first-order chi connectivity index (χ1) is 10.2. The lowest BCUT2D eigenvalue weighted by molar-refractivity contribution is 0.316. The number of benzene rings is 2. The molecule has 0 spiro atoms. The lowest BCUT2D eigenvalue weighted by atomic mass is 10.4. The Labute approximate surface area is 127 Å². The van der Waals surface area contributed by atoms with E-state index in [-0.39, 0.29) is 0 Å². The molecule has 0 unspecified atom stereocenters. The van der Waals surface area contributed by atoms with E-state index < -0.39 is 9.73 Å². The first-order valence-corrected chi connectivity index (χ1v) is 8.77. The molecule has 0 amide bonds. The summed E-state index contributed by atoms with van der Waals surface area (Å²) >= 11 is 0. The van der Waals surface area contributed by atoms with Crippen LogP contribution in [0, 0.1) is 0 Å². The van der Waals surface area contributed by atoms with Gasteiger partial charge in [0, 0.05) is 0 Å². The Kier molecular flexibility index (Phi) is 5.53. The molecule has 0 atom stereocenters. The molecule has 0 saturated carbocycles. The topological polar surface area (TPSA) is 32.7 Å². The van der Waals surface area contributed by atoms with Crippen LogP contribution in [0.15, 0.2) is 74.8 Å². The number of rotatable bonds is 6. The van der Waals surface area contributed by atoms with Crippen molar-refractivity contribution >= 4 is 9.73 Å². The van der Waals surface area contributed by atoms with Gasteiger partial charge in [0.05, 0.1) is 9.79 Å². The van der Waals surface area contributed by atoms with Crippen LogP contribution in [0.5, 0.6) is 0 Å². The fourth-order valence-electron chi connectivity index (χ4n) is 2.08. The third kappa shape index (κ3) is 3.71. The lowest BCUT2D eigenvalue weighted by Gasteiger charge is -2.17. The third-order valence-electron chi connectivity index (χ3n) is 3.46. The van der Waals surface area contributed by atoms with Crippen LogP contribution < -0.4 is 0 Å². The van der Waals surface area contributed by atoms with Gasteiger partial charge in [0.15, 0.2) is 0 Å². The summed E-state index contributed by atoms with van der Waals surface area (Å²) < 4.78 is 18.1. The minimum atomic E-state index is -2.58. The van der Waals surface area contributed by atoms with E-state index in [9.17, 15) is 4.21 Å². The van der Waals surface area contributed by atoms with Crippen LogP contribution in [0.3, 0.4) is 0 Å². The van der Waals surface area contributed by atoms with Crippen molar-refractivity contribution in [1.29, 1.82) is 0 Å². The van der Waals surface area contributed by atoms with Gasteiger partial charge in [-0.3, -0.25) is 4.90 Å². The molecule has 3 nitrogen and oxygen atoms in total. The molecule has 0 aliphatic rings. The Bertz CT molecular complexity index is 612. The predicted molar refractivity (Wildman–Crippen MR) is 87.8 cm³/mol. The van der Waals surface area contributed by atoms with Crippen molar-refractivity contribution in [3.05, 3.63) is 60.7 Å². The van der Waals surface area contributed by atoms with Gasteiger partial charge in [-0.15, -0.1) is 0 Å². The molecule has 2 rings (SSSR count). The second-order valence-electron chi connectivity index (χ2n) is 4.73. The first kappa shape index (κ1) is 15.7. The zero-order chi connectivity index (χ0) is 15.1. The number of hydrogen-bond donors (Lipinski definition) is 0. The third-order valence-corrected chi connectivity index (χ3v) is 5.76. The summed E-state index contributed by atoms with van der Waals surface area (Å²) in [5.41, 5.74) is 0. The first-order valence-electron chi connectivity index (χ1n) is 7.26. The smallest absolute Gasteiger partial charge is 0.105 e. The molecule has 0 bridgehead atoms. The molecule has 0 saturated heterocycles. The molecule has 21 heavy (non-hydrogen) atoms. The van der Waals surface area contributed by atoms with Gasteiger partial charge in [-0.1, -0.05) is 50.2 Å². The standard InChI is InChI=1S/C17H22N2OS/c1-3-19(4-2)15-18-21(20,16-11-7-5-8-12-16)17-13-9-6-10-14-17/h5-14H,3-4,15H2,1-2H3. The monoisotopic (exact) mass is 302 g/mol. The van der Waals surface area contributed by atoms with E-state index in [0.29, 0.717) is 6.67 Å². The molecule has 0 aliphatic carbocycles. The average Bonchev–Trinajstić information content (AvgIpc) is 2.57. The summed E-state index contributed by atoms with van der Waals surface area (Å²) in [6.45, 7) is 6.46. The van der Waals surface area contributed by atoms with Gasteiger partial charge in [0.25, 0.3) is 0 Å². The molecular formula is C17H22N2OS. The summed E-state index contributed by atoms with van der Waals surface area (Å²) in [6.07, 6.45) is 0. The van der Waals surface area contributed by atoms with Crippen LogP contribution in [0.4, 0.5) is 0 Å². The van der Waals surface area contributed by atoms with E-state index >= 15 is 0 Å². The predicted octanol–water partition coefficient (Wildman–Crippen LogP) is 3.87. The van der Waals surface area contributed by atoms with Crippen LogP contribution >= 0.6 is 0 Å². The van der Waals surface area contributed by atoms with Gasteiger partial charge < -0.3 is 0 Å². The SMILES string of the molecule is CCN(CC)CN=S(=O)(c1ccccc1)c1ccccc1. The normalized spacial score (nSPS) is 11.6. The molecule has 4 heteroatoms. The van der Waals surface area contributed by atoms with Crippen molar-refractivity contribution < 1.29 is 4.21 Å². The average molecular weight is 302 g/mol. The van der Waals surface area contributed by atoms with E-state index in [1.807, 2.05) is 60.7 Å². The van der Waals surface area contributed by atoms with Crippen LogP contribution in [0.25, 0.3) is 0 Å². The summed E-state index contributed by atoms with van der Waals surface area (Å²) in [6, 6.07) is 19.0. The molecule has 0 heterocycles. The van der Waals surface area contributed by atoms with Gasteiger partial charge in [0.2, 0.25) is 0 Å². The largest absolute Gasteiger partial charge is 0.284 e. The lowest BCUT2D eigenvalue weighted by Crippen LogP contribution is -2.23. The zero-order valence-corrected chi connectivity index (χ0v) is 13.4. The van der Waals surface area contributed by atoms with Crippen LogP contribution in [0.2, 0.25) is 0 Å². The molecule has 0 aliphatic heterocycles. The van der Waals surface area contributed by atoms with Crippen LogP contribution in [-0.4, -0.2) is 28.9 Å². The van der Waals surface area contributed by atoms with E-state index in [2.05, 4.69) is 23.1 Å². The van der Waals surface area contributed by atoms with Gasteiger partial charge in [-0.25, -0.2) is 8.57 Å². The maximum Gasteiger partial charge on any atom is 0.105 e. The molecule has 0 aromatic heterocycles. The van der Waals surface area contributed by atoms with E-state index in [1.165, 1.54) is 0 Å².